The van der Waals surface area contributed by atoms with Crippen LogP contribution >= 0.6 is 11.8 Å². The minimum Gasteiger partial charge on any atom is -0.396 e. The van der Waals surface area contributed by atoms with Gasteiger partial charge in [0.1, 0.15) is 11.6 Å². The van der Waals surface area contributed by atoms with Crippen molar-refractivity contribution in [2.24, 2.45) is 5.92 Å². The summed E-state index contributed by atoms with van der Waals surface area (Å²) in [5.74, 6) is 1.71. The first-order valence-electron chi connectivity index (χ1n) is 4.25. The van der Waals surface area contributed by atoms with Crippen LogP contribution in [0.1, 0.15) is 6.92 Å². The number of hydrogen-bond acceptors (Lipinski definition) is 6. The van der Waals surface area contributed by atoms with Crippen LogP contribution in [0, 0.1) is 5.92 Å². The number of aliphatic hydroxyl groups excluding tert-OH is 1. The quantitative estimate of drug-likeness (QED) is 0.494. The van der Waals surface area contributed by atoms with Gasteiger partial charge in [-0.05, 0) is 5.92 Å². The van der Waals surface area contributed by atoms with E-state index in [2.05, 4.69) is 9.97 Å². The summed E-state index contributed by atoms with van der Waals surface area (Å²) < 4.78 is 0. The van der Waals surface area contributed by atoms with Gasteiger partial charge in [0.2, 0.25) is 0 Å². The van der Waals surface area contributed by atoms with E-state index in [9.17, 15) is 0 Å². The highest BCUT2D eigenvalue weighted by atomic mass is 32.2. The molecule has 0 amide bonds. The normalized spacial score (nSPS) is 12.7. The summed E-state index contributed by atoms with van der Waals surface area (Å²) >= 11 is 1.44. The number of nitrogen functional groups attached to an aromatic ring is 2. The van der Waals surface area contributed by atoms with Gasteiger partial charge >= 0.3 is 0 Å². The molecule has 1 heterocycles. The van der Waals surface area contributed by atoms with E-state index < -0.39 is 0 Å². The number of thioether (sulfide) groups is 1. The van der Waals surface area contributed by atoms with Gasteiger partial charge in [0.15, 0.2) is 5.16 Å². The van der Waals surface area contributed by atoms with Crippen LogP contribution in [0.2, 0.25) is 0 Å². The molecule has 78 valence electrons. The highest BCUT2D eigenvalue weighted by molar-refractivity contribution is 7.99. The highest BCUT2D eigenvalue weighted by Gasteiger charge is 2.05. The van der Waals surface area contributed by atoms with Crippen molar-refractivity contribution in [3.8, 4) is 0 Å². The second kappa shape index (κ2) is 5.02. The minimum absolute atomic E-state index is 0.158. The Hall–Kier alpha value is -1.01. The van der Waals surface area contributed by atoms with Crippen molar-refractivity contribution >= 4 is 23.4 Å². The summed E-state index contributed by atoms with van der Waals surface area (Å²) in [6.45, 7) is 2.10. The maximum atomic E-state index is 8.82. The predicted molar refractivity (Wildman–Crippen MR) is 57.8 cm³/mol. The second-order valence-corrected chi connectivity index (χ2v) is 4.09. The van der Waals surface area contributed by atoms with Crippen LogP contribution in [0.3, 0.4) is 0 Å². The van der Waals surface area contributed by atoms with E-state index in [0.717, 1.165) is 5.75 Å². The fraction of sp³-hybridized carbons (Fsp3) is 0.500. The first-order valence-corrected chi connectivity index (χ1v) is 5.24. The van der Waals surface area contributed by atoms with Crippen LogP contribution in [0.4, 0.5) is 11.6 Å². The molecule has 0 saturated carbocycles. The van der Waals surface area contributed by atoms with Crippen molar-refractivity contribution < 1.29 is 5.11 Å². The summed E-state index contributed by atoms with van der Waals surface area (Å²) in [6.07, 6.45) is 0. The molecule has 0 spiro atoms. The van der Waals surface area contributed by atoms with E-state index in [1.165, 1.54) is 17.8 Å². The van der Waals surface area contributed by atoms with E-state index in [4.69, 9.17) is 16.6 Å². The molecule has 1 aromatic heterocycles. The molecule has 14 heavy (non-hydrogen) atoms. The molecular formula is C8H14N4OS. The molecule has 1 aromatic rings. The van der Waals surface area contributed by atoms with E-state index in [1.807, 2.05) is 6.92 Å². The first-order chi connectivity index (χ1) is 6.61. The molecular weight excluding hydrogens is 200 g/mol. The molecule has 0 aliphatic carbocycles. The Morgan fingerprint density at radius 3 is 2.50 bits per heavy atom. The van der Waals surface area contributed by atoms with Gasteiger partial charge in [0.05, 0.1) is 0 Å². The number of anilines is 2. The van der Waals surface area contributed by atoms with Gasteiger partial charge in [0, 0.05) is 18.4 Å². The highest BCUT2D eigenvalue weighted by Crippen LogP contribution is 2.18. The number of nitrogens with two attached hydrogens (primary N) is 2. The SMILES string of the molecule is CC(CO)CSc1nc(N)cc(N)n1. The van der Waals surface area contributed by atoms with E-state index in [0.29, 0.717) is 16.8 Å². The first kappa shape index (κ1) is 11.1. The molecule has 0 fully saturated rings. The molecule has 1 rings (SSSR count). The lowest BCUT2D eigenvalue weighted by molar-refractivity contribution is 0.250. The molecule has 5 N–H and O–H groups in total. The van der Waals surface area contributed by atoms with Crippen LogP contribution in [-0.4, -0.2) is 27.4 Å². The molecule has 5 nitrogen and oxygen atoms in total. The number of nitrogens with zero attached hydrogens (tertiary/aromatic N) is 2. The monoisotopic (exact) mass is 214 g/mol. The topological polar surface area (TPSA) is 98.0 Å². The molecule has 0 aliphatic heterocycles. The third-order valence-corrected chi connectivity index (χ3v) is 2.73. The molecule has 0 aromatic carbocycles. The zero-order chi connectivity index (χ0) is 10.6. The largest absolute Gasteiger partial charge is 0.396 e. The Morgan fingerprint density at radius 1 is 1.43 bits per heavy atom. The van der Waals surface area contributed by atoms with Crippen molar-refractivity contribution in [2.75, 3.05) is 23.8 Å². The summed E-state index contributed by atoms with van der Waals surface area (Å²) in [5, 5.41) is 9.38. The molecule has 1 unspecified atom stereocenters. The average Bonchev–Trinajstić information content (AvgIpc) is 2.12. The summed E-state index contributed by atoms with van der Waals surface area (Å²) in [6, 6.07) is 1.51. The molecule has 0 aliphatic rings. The molecule has 6 heteroatoms. The van der Waals surface area contributed by atoms with E-state index in [1.54, 1.807) is 0 Å². The van der Waals surface area contributed by atoms with Gasteiger partial charge in [-0.3, -0.25) is 0 Å². The summed E-state index contributed by atoms with van der Waals surface area (Å²) in [4.78, 5) is 8.02. The lowest BCUT2D eigenvalue weighted by Crippen LogP contribution is -2.05. The van der Waals surface area contributed by atoms with Gasteiger partial charge in [-0.15, -0.1) is 0 Å². The fourth-order valence-corrected chi connectivity index (χ4v) is 1.67. The Morgan fingerprint density at radius 2 is 2.00 bits per heavy atom. The number of rotatable bonds is 4. The van der Waals surface area contributed by atoms with Gasteiger partial charge in [-0.1, -0.05) is 18.7 Å². The maximum Gasteiger partial charge on any atom is 0.191 e. The third kappa shape index (κ3) is 3.39. The summed E-state index contributed by atoms with van der Waals surface area (Å²) in [7, 11) is 0. The lowest BCUT2D eigenvalue weighted by Gasteiger charge is -2.06. The Balaban J connectivity index is 2.58. The average molecular weight is 214 g/mol. The Kier molecular flexibility index (Phi) is 3.97. The van der Waals surface area contributed by atoms with Gasteiger partial charge in [-0.2, -0.15) is 0 Å². The zero-order valence-corrected chi connectivity index (χ0v) is 8.79. The van der Waals surface area contributed by atoms with Gasteiger partial charge in [-0.25, -0.2) is 9.97 Å². The smallest absolute Gasteiger partial charge is 0.191 e. The Bertz CT molecular complexity index is 287. The zero-order valence-electron chi connectivity index (χ0n) is 7.97. The number of aromatic nitrogens is 2. The van der Waals surface area contributed by atoms with E-state index >= 15 is 0 Å². The van der Waals surface area contributed by atoms with Crippen LogP contribution in [-0.2, 0) is 0 Å². The summed E-state index contributed by atoms with van der Waals surface area (Å²) in [5.41, 5.74) is 11.0. The predicted octanol–water partition coefficient (Wildman–Crippen LogP) is 0.361. The third-order valence-electron chi connectivity index (χ3n) is 1.55. The minimum atomic E-state index is 0.158. The molecule has 0 radical (unpaired) electrons. The van der Waals surface area contributed by atoms with Crippen LogP contribution in [0.5, 0.6) is 0 Å². The number of aliphatic hydroxyl groups is 1. The maximum absolute atomic E-state index is 8.82. The second-order valence-electron chi connectivity index (χ2n) is 3.10. The number of hydrogen-bond donors (Lipinski definition) is 3. The lowest BCUT2D eigenvalue weighted by atomic mass is 10.2. The standard InChI is InChI=1S/C8H14N4OS/c1-5(3-13)4-14-8-11-6(9)2-7(10)12-8/h2,5,13H,3-4H2,1H3,(H4,9,10,11,12). The van der Waals surface area contributed by atoms with Crippen molar-refractivity contribution in [2.45, 2.75) is 12.1 Å². The van der Waals surface area contributed by atoms with Crippen LogP contribution < -0.4 is 11.5 Å². The van der Waals surface area contributed by atoms with E-state index in [-0.39, 0.29) is 12.5 Å². The van der Waals surface area contributed by atoms with Crippen molar-refractivity contribution in [3.63, 3.8) is 0 Å². The molecule has 0 saturated heterocycles. The van der Waals surface area contributed by atoms with Crippen molar-refractivity contribution in [1.82, 2.24) is 9.97 Å². The van der Waals surface area contributed by atoms with Crippen LogP contribution in [0.15, 0.2) is 11.2 Å². The fourth-order valence-electron chi connectivity index (χ4n) is 0.796. The van der Waals surface area contributed by atoms with Crippen LogP contribution in [0.25, 0.3) is 0 Å². The van der Waals surface area contributed by atoms with Gasteiger partial charge in [0.25, 0.3) is 0 Å². The van der Waals surface area contributed by atoms with Gasteiger partial charge < -0.3 is 16.6 Å². The Labute approximate surface area is 86.9 Å². The van der Waals surface area contributed by atoms with Crippen molar-refractivity contribution in [3.05, 3.63) is 6.07 Å². The molecule has 0 bridgehead atoms. The van der Waals surface area contributed by atoms with Crippen molar-refractivity contribution in [1.29, 1.82) is 0 Å². The molecule has 1 atom stereocenters.